The third-order valence-electron chi connectivity index (χ3n) is 8.08. The number of ether oxygens (including phenoxy) is 2. The molecule has 0 heterocycles. The van der Waals surface area contributed by atoms with Crippen LogP contribution in [0.25, 0.3) is 0 Å². The van der Waals surface area contributed by atoms with Gasteiger partial charge in [0, 0.05) is 23.1 Å². The third-order valence-corrected chi connectivity index (χ3v) is 10.3. The summed E-state index contributed by atoms with van der Waals surface area (Å²) in [5.41, 5.74) is 2.83. The number of amides is 2. The predicted octanol–water partition coefficient (Wildman–Crippen LogP) is 6.14. The summed E-state index contributed by atoms with van der Waals surface area (Å²) >= 11 is 3.49. The molecule has 1 fully saturated rings. The van der Waals surface area contributed by atoms with E-state index in [0.29, 0.717) is 11.4 Å². The fraction of sp³-hybridized carbons (Fsp3) is 0.412. The van der Waals surface area contributed by atoms with Crippen molar-refractivity contribution in [1.82, 2.24) is 10.2 Å². The van der Waals surface area contributed by atoms with Crippen LogP contribution in [-0.2, 0) is 26.2 Å². The molecule has 0 aromatic heterocycles. The molecular weight excluding hydrogens is 658 g/mol. The van der Waals surface area contributed by atoms with Gasteiger partial charge in [-0.2, -0.15) is 0 Å². The maximum Gasteiger partial charge on any atom is 0.264 e. The van der Waals surface area contributed by atoms with Crippen molar-refractivity contribution in [2.24, 2.45) is 0 Å². The van der Waals surface area contributed by atoms with Crippen molar-refractivity contribution in [2.75, 3.05) is 25.1 Å². The van der Waals surface area contributed by atoms with E-state index >= 15 is 0 Å². The van der Waals surface area contributed by atoms with E-state index in [4.69, 9.17) is 9.47 Å². The normalized spacial score (nSPS) is 14.4. The number of hydrogen-bond donors (Lipinski definition) is 1. The van der Waals surface area contributed by atoms with E-state index in [0.717, 1.165) is 57.6 Å². The van der Waals surface area contributed by atoms with Crippen LogP contribution in [0.15, 0.2) is 70.0 Å². The van der Waals surface area contributed by atoms with Gasteiger partial charge in [-0.3, -0.25) is 13.9 Å². The second-order valence-corrected chi connectivity index (χ2v) is 14.3. The largest absolute Gasteiger partial charge is 0.493 e. The van der Waals surface area contributed by atoms with Gasteiger partial charge in [-0.05, 0) is 86.7 Å². The maximum absolute atomic E-state index is 14.3. The molecule has 242 valence electrons. The highest BCUT2D eigenvalue weighted by Crippen LogP contribution is 2.33. The maximum atomic E-state index is 14.3. The topological polar surface area (TPSA) is 105 Å². The Kier molecular flexibility index (Phi) is 11.5. The lowest BCUT2D eigenvalue weighted by molar-refractivity contribution is -0.139. The average Bonchev–Trinajstić information content (AvgIpc) is 3.01. The smallest absolute Gasteiger partial charge is 0.264 e. The molecule has 1 N–H and O–H groups in total. The van der Waals surface area contributed by atoms with Gasteiger partial charge < -0.3 is 19.7 Å². The van der Waals surface area contributed by atoms with Gasteiger partial charge in [0.15, 0.2) is 11.5 Å². The lowest BCUT2D eigenvalue weighted by Crippen LogP contribution is -2.53. The van der Waals surface area contributed by atoms with E-state index in [1.165, 1.54) is 37.3 Å². The van der Waals surface area contributed by atoms with Crippen molar-refractivity contribution >= 4 is 43.5 Å². The van der Waals surface area contributed by atoms with Crippen LogP contribution in [-0.4, -0.2) is 58.0 Å². The molecule has 0 saturated heterocycles. The molecule has 4 rings (SSSR count). The molecule has 11 heteroatoms. The number of carbonyl (C=O) groups excluding carboxylic acids is 2. The van der Waals surface area contributed by atoms with E-state index in [-0.39, 0.29) is 29.1 Å². The van der Waals surface area contributed by atoms with Crippen molar-refractivity contribution in [3.63, 3.8) is 0 Å². The Hall–Kier alpha value is -3.57. The molecule has 3 aromatic carbocycles. The SMILES string of the molecule is COc1ccc(S(=O)(=O)N(CC(=O)N(Cc2cccc(Br)c2)[C@H](C)C(=O)NC2CCCCC2)c2cc(C)cc(C)c2)cc1OC. The number of nitrogens with zero attached hydrogens (tertiary/aromatic N) is 2. The molecule has 2 amide bonds. The van der Waals surface area contributed by atoms with Gasteiger partial charge in [-0.15, -0.1) is 0 Å². The van der Waals surface area contributed by atoms with Crippen molar-refractivity contribution < 1.29 is 27.5 Å². The van der Waals surface area contributed by atoms with Crippen molar-refractivity contribution in [2.45, 2.75) is 76.4 Å². The van der Waals surface area contributed by atoms with E-state index in [2.05, 4.69) is 21.2 Å². The number of methoxy groups -OCH3 is 2. The number of anilines is 1. The molecule has 0 bridgehead atoms. The highest BCUT2D eigenvalue weighted by Gasteiger charge is 2.34. The number of aryl methyl sites for hydroxylation is 2. The van der Waals surface area contributed by atoms with Crippen LogP contribution in [0.4, 0.5) is 5.69 Å². The Morgan fingerprint density at radius 3 is 2.22 bits per heavy atom. The summed E-state index contributed by atoms with van der Waals surface area (Å²) in [4.78, 5) is 29.2. The average molecular weight is 701 g/mol. The summed E-state index contributed by atoms with van der Waals surface area (Å²) in [7, 11) is -1.38. The third kappa shape index (κ3) is 8.58. The minimum atomic E-state index is -4.28. The second-order valence-electron chi connectivity index (χ2n) is 11.5. The van der Waals surface area contributed by atoms with Crippen LogP contribution < -0.4 is 19.1 Å². The van der Waals surface area contributed by atoms with Crippen LogP contribution >= 0.6 is 15.9 Å². The summed E-state index contributed by atoms with van der Waals surface area (Å²) in [5, 5.41) is 3.13. The summed E-state index contributed by atoms with van der Waals surface area (Å²) in [6.07, 6.45) is 5.07. The molecule has 0 aliphatic heterocycles. The van der Waals surface area contributed by atoms with E-state index < -0.39 is 28.5 Å². The van der Waals surface area contributed by atoms with Crippen LogP contribution in [0, 0.1) is 13.8 Å². The number of hydrogen-bond acceptors (Lipinski definition) is 6. The molecule has 0 radical (unpaired) electrons. The molecule has 1 aliphatic carbocycles. The van der Waals surface area contributed by atoms with Crippen molar-refractivity contribution in [3.05, 3.63) is 81.8 Å². The van der Waals surface area contributed by atoms with E-state index in [9.17, 15) is 18.0 Å². The minimum absolute atomic E-state index is 0.0614. The molecule has 1 saturated carbocycles. The Morgan fingerprint density at radius 2 is 1.60 bits per heavy atom. The number of carbonyl (C=O) groups is 2. The first-order valence-electron chi connectivity index (χ1n) is 15.1. The first-order valence-corrected chi connectivity index (χ1v) is 17.3. The summed E-state index contributed by atoms with van der Waals surface area (Å²) in [6.45, 7) is 5.04. The van der Waals surface area contributed by atoms with Crippen molar-refractivity contribution in [3.8, 4) is 11.5 Å². The monoisotopic (exact) mass is 699 g/mol. The molecule has 9 nitrogen and oxygen atoms in total. The standard InChI is InChI=1S/C34H42BrN3O6S/c1-23-16-24(2)18-29(17-23)38(45(41,42)30-14-15-31(43-4)32(20-30)44-5)22-33(39)37(21-26-10-9-11-27(35)19-26)25(3)34(40)36-28-12-7-6-8-13-28/h9-11,14-20,25,28H,6-8,12-13,21-22H2,1-5H3,(H,36,40)/t25-/m1/s1. The zero-order valence-corrected chi connectivity index (χ0v) is 28.9. The highest BCUT2D eigenvalue weighted by atomic mass is 79.9. The lowest BCUT2D eigenvalue weighted by Gasteiger charge is -2.33. The van der Waals surface area contributed by atoms with E-state index in [1.54, 1.807) is 19.1 Å². The predicted molar refractivity (Wildman–Crippen MR) is 179 cm³/mol. The molecule has 1 aliphatic rings. The molecule has 0 spiro atoms. The van der Waals surface area contributed by atoms with Crippen LogP contribution in [0.1, 0.15) is 55.7 Å². The molecule has 45 heavy (non-hydrogen) atoms. The lowest BCUT2D eigenvalue weighted by atomic mass is 9.95. The number of nitrogens with one attached hydrogen (secondary N) is 1. The first kappa shape index (κ1) is 34.3. The first-order chi connectivity index (χ1) is 21.4. The number of benzene rings is 3. The summed E-state index contributed by atoms with van der Waals surface area (Å²) in [6, 6.07) is 16.4. The molecule has 0 unspecified atom stereocenters. The zero-order chi connectivity index (χ0) is 32.7. The van der Waals surface area contributed by atoms with Gasteiger partial charge in [-0.1, -0.05) is 53.4 Å². The van der Waals surface area contributed by atoms with Gasteiger partial charge in [0.05, 0.1) is 24.8 Å². The van der Waals surface area contributed by atoms with Gasteiger partial charge in [-0.25, -0.2) is 8.42 Å². The zero-order valence-electron chi connectivity index (χ0n) is 26.5. The van der Waals surface area contributed by atoms with Gasteiger partial charge in [0.25, 0.3) is 10.0 Å². The van der Waals surface area contributed by atoms with Crippen LogP contribution in [0.5, 0.6) is 11.5 Å². The summed E-state index contributed by atoms with van der Waals surface area (Å²) < 4.78 is 41.3. The fourth-order valence-electron chi connectivity index (χ4n) is 5.71. The highest BCUT2D eigenvalue weighted by molar-refractivity contribution is 9.10. The van der Waals surface area contributed by atoms with Crippen LogP contribution in [0.2, 0.25) is 0 Å². The van der Waals surface area contributed by atoms with E-state index in [1.807, 2.05) is 44.2 Å². The molecule has 3 aromatic rings. The Balaban J connectivity index is 1.74. The Morgan fingerprint density at radius 1 is 0.933 bits per heavy atom. The summed E-state index contributed by atoms with van der Waals surface area (Å²) in [5.74, 6) is -0.145. The van der Waals surface area contributed by atoms with Crippen LogP contribution in [0.3, 0.4) is 0 Å². The fourth-order valence-corrected chi connectivity index (χ4v) is 7.57. The Labute approximate surface area is 275 Å². The Bertz CT molecular complexity index is 1600. The van der Waals surface area contributed by atoms with Gasteiger partial charge in [0.2, 0.25) is 11.8 Å². The van der Waals surface area contributed by atoms with Crippen molar-refractivity contribution in [1.29, 1.82) is 0 Å². The second kappa shape index (κ2) is 15.1. The minimum Gasteiger partial charge on any atom is -0.493 e. The number of halogens is 1. The molecular formula is C34H42BrN3O6S. The van der Waals surface area contributed by atoms with Gasteiger partial charge >= 0.3 is 0 Å². The van der Waals surface area contributed by atoms with Gasteiger partial charge in [0.1, 0.15) is 12.6 Å². The number of rotatable bonds is 12. The quantitative estimate of drug-likeness (QED) is 0.243. The molecule has 1 atom stereocenters. The number of sulfonamides is 1.